The maximum atomic E-state index is 11.9. The van der Waals surface area contributed by atoms with Gasteiger partial charge in [0, 0.05) is 6.07 Å². The van der Waals surface area contributed by atoms with E-state index < -0.39 is 21.3 Å². The molecule has 0 bridgehead atoms. The molecule has 6 nitrogen and oxygen atoms in total. The third-order valence-corrected chi connectivity index (χ3v) is 4.86. The van der Waals surface area contributed by atoms with Crippen LogP contribution >= 0.6 is 0 Å². The lowest BCUT2D eigenvalue weighted by atomic mass is 10.0. The second-order valence-corrected chi connectivity index (χ2v) is 6.99. The van der Waals surface area contributed by atoms with Gasteiger partial charge in [0.25, 0.3) is 5.91 Å². The predicted octanol–water partition coefficient (Wildman–Crippen LogP) is -0.373. The second-order valence-electron chi connectivity index (χ2n) is 4.81. The van der Waals surface area contributed by atoms with Crippen LogP contribution in [0.1, 0.15) is 23.7 Å². The number of sulfone groups is 1. The Hall–Kier alpha value is -1.63. The fourth-order valence-corrected chi connectivity index (χ4v) is 4.14. The molecular weight excluding hydrogens is 256 g/mol. The molecule has 1 amide bonds. The molecule has 1 fully saturated rings. The first-order valence-electron chi connectivity index (χ1n) is 5.51. The van der Waals surface area contributed by atoms with E-state index in [2.05, 4.69) is 5.32 Å². The SMILES string of the molecule is CC1(NC(=O)c2ccc[n+]([O-])c2)CCS(=O)(=O)C1. The highest BCUT2D eigenvalue weighted by Gasteiger charge is 2.39. The summed E-state index contributed by atoms with van der Waals surface area (Å²) in [6.07, 6.45) is 2.83. The lowest BCUT2D eigenvalue weighted by Crippen LogP contribution is -2.47. The van der Waals surface area contributed by atoms with E-state index in [1.165, 1.54) is 18.3 Å². The summed E-state index contributed by atoms with van der Waals surface area (Å²) in [5.74, 6) is -0.407. The van der Waals surface area contributed by atoms with Crippen molar-refractivity contribution in [3.63, 3.8) is 0 Å². The molecule has 1 N–H and O–H groups in total. The van der Waals surface area contributed by atoms with Crippen LogP contribution in [0.15, 0.2) is 24.5 Å². The Morgan fingerprint density at radius 2 is 2.28 bits per heavy atom. The van der Waals surface area contributed by atoms with Gasteiger partial charge in [-0.2, -0.15) is 4.73 Å². The van der Waals surface area contributed by atoms with Crippen LogP contribution in [-0.4, -0.2) is 31.4 Å². The largest absolute Gasteiger partial charge is 0.619 e. The molecule has 1 atom stereocenters. The summed E-state index contributed by atoms with van der Waals surface area (Å²) in [5, 5.41) is 13.7. The van der Waals surface area contributed by atoms with Gasteiger partial charge in [0.1, 0.15) is 5.56 Å². The van der Waals surface area contributed by atoms with Crippen molar-refractivity contribution in [1.82, 2.24) is 5.32 Å². The summed E-state index contributed by atoms with van der Waals surface area (Å²) in [6.45, 7) is 1.70. The zero-order valence-electron chi connectivity index (χ0n) is 9.92. The molecule has 0 aromatic carbocycles. The number of hydrogen-bond donors (Lipinski definition) is 1. The highest BCUT2D eigenvalue weighted by molar-refractivity contribution is 7.91. The fourth-order valence-electron chi connectivity index (χ4n) is 2.04. The van der Waals surface area contributed by atoms with Gasteiger partial charge in [-0.1, -0.05) is 0 Å². The molecule has 2 rings (SSSR count). The van der Waals surface area contributed by atoms with Crippen molar-refractivity contribution in [2.24, 2.45) is 0 Å². The van der Waals surface area contributed by atoms with E-state index in [0.29, 0.717) is 11.2 Å². The van der Waals surface area contributed by atoms with E-state index in [9.17, 15) is 18.4 Å². The number of carbonyl (C=O) groups excluding carboxylic acids is 1. The molecular formula is C11H14N2O4S. The summed E-state index contributed by atoms with van der Waals surface area (Å²) in [5.41, 5.74) is -0.530. The van der Waals surface area contributed by atoms with Crippen molar-refractivity contribution in [3.8, 4) is 0 Å². The van der Waals surface area contributed by atoms with Crippen LogP contribution in [0.4, 0.5) is 0 Å². The Bertz CT molecular complexity index is 584. The molecule has 98 valence electrons. The van der Waals surface area contributed by atoms with Gasteiger partial charge < -0.3 is 10.5 Å². The molecule has 7 heteroatoms. The van der Waals surface area contributed by atoms with Crippen LogP contribution in [-0.2, 0) is 9.84 Å². The summed E-state index contributed by atoms with van der Waals surface area (Å²) >= 11 is 0. The van der Waals surface area contributed by atoms with Crippen molar-refractivity contribution in [3.05, 3.63) is 35.3 Å². The number of nitrogens with one attached hydrogen (secondary N) is 1. The number of amides is 1. The van der Waals surface area contributed by atoms with E-state index in [-0.39, 0.29) is 17.1 Å². The van der Waals surface area contributed by atoms with E-state index >= 15 is 0 Å². The minimum absolute atomic E-state index is 0.0596. The average Bonchev–Trinajstić information content (AvgIpc) is 2.52. The van der Waals surface area contributed by atoms with Crippen LogP contribution in [0.3, 0.4) is 0 Å². The Morgan fingerprint density at radius 3 is 2.83 bits per heavy atom. The monoisotopic (exact) mass is 270 g/mol. The number of aromatic nitrogens is 1. The molecule has 1 aliphatic rings. The molecule has 1 unspecified atom stereocenters. The number of rotatable bonds is 2. The summed E-state index contributed by atoms with van der Waals surface area (Å²) < 4.78 is 23.4. The lowest BCUT2D eigenvalue weighted by molar-refractivity contribution is -0.605. The highest BCUT2D eigenvalue weighted by Crippen LogP contribution is 2.23. The maximum absolute atomic E-state index is 11.9. The standard InChI is InChI=1S/C11H14N2O4S/c1-11(4-6-18(16,17)8-11)12-10(14)9-3-2-5-13(15)7-9/h2-3,5,7H,4,6,8H2,1H3,(H,12,14). The van der Waals surface area contributed by atoms with E-state index in [4.69, 9.17) is 0 Å². The van der Waals surface area contributed by atoms with Crippen LogP contribution in [0.25, 0.3) is 0 Å². The van der Waals surface area contributed by atoms with Crippen molar-refractivity contribution < 1.29 is 17.9 Å². The molecule has 0 aliphatic carbocycles. The van der Waals surface area contributed by atoms with E-state index in [0.717, 1.165) is 6.20 Å². The molecule has 0 radical (unpaired) electrons. The number of carbonyl (C=O) groups is 1. The van der Waals surface area contributed by atoms with E-state index in [1.54, 1.807) is 6.92 Å². The summed E-state index contributed by atoms with van der Waals surface area (Å²) in [4.78, 5) is 11.9. The van der Waals surface area contributed by atoms with E-state index in [1.807, 2.05) is 0 Å². The van der Waals surface area contributed by atoms with Gasteiger partial charge in [-0.05, 0) is 19.4 Å². The quantitative estimate of drug-likeness (QED) is 0.586. The third-order valence-electron chi connectivity index (χ3n) is 2.96. The molecule has 1 aliphatic heterocycles. The second kappa shape index (κ2) is 4.24. The van der Waals surface area contributed by atoms with Crippen molar-refractivity contribution >= 4 is 15.7 Å². The van der Waals surface area contributed by atoms with Gasteiger partial charge >= 0.3 is 0 Å². The number of nitrogens with zero attached hydrogens (tertiary/aromatic N) is 1. The maximum Gasteiger partial charge on any atom is 0.257 e. The molecule has 1 saturated heterocycles. The van der Waals surface area contributed by atoms with Gasteiger partial charge in [0.2, 0.25) is 0 Å². The predicted molar refractivity (Wildman–Crippen MR) is 64.5 cm³/mol. The first kappa shape index (κ1) is 12.8. The normalized spacial score (nSPS) is 25.8. The Kier molecular flexibility index (Phi) is 3.02. The Morgan fingerprint density at radius 1 is 1.56 bits per heavy atom. The first-order chi connectivity index (χ1) is 8.30. The Balaban J connectivity index is 2.13. The lowest BCUT2D eigenvalue weighted by Gasteiger charge is -2.23. The van der Waals surface area contributed by atoms with Gasteiger partial charge in [0.05, 0.1) is 17.0 Å². The van der Waals surface area contributed by atoms with Crippen LogP contribution in [0, 0.1) is 5.21 Å². The highest BCUT2D eigenvalue weighted by atomic mass is 32.2. The van der Waals surface area contributed by atoms with Crippen LogP contribution < -0.4 is 10.0 Å². The Labute approximate surface area is 105 Å². The van der Waals surface area contributed by atoms with Crippen LogP contribution in [0.5, 0.6) is 0 Å². The number of hydrogen-bond acceptors (Lipinski definition) is 4. The number of pyridine rings is 1. The topological polar surface area (TPSA) is 90.2 Å². The minimum Gasteiger partial charge on any atom is -0.619 e. The zero-order valence-corrected chi connectivity index (χ0v) is 10.7. The molecule has 1 aromatic heterocycles. The third kappa shape index (κ3) is 2.79. The minimum atomic E-state index is -3.07. The smallest absolute Gasteiger partial charge is 0.257 e. The molecule has 0 spiro atoms. The zero-order chi connectivity index (χ0) is 13.4. The van der Waals surface area contributed by atoms with Crippen LogP contribution in [0.2, 0.25) is 0 Å². The van der Waals surface area contributed by atoms with Gasteiger partial charge in [0.15, 0.2) is 22.2 Å². The fraction of sp³-hybridized carbons (Fsp3) is 0.455. The molecule has 0 saturated carbocycles. The van der Waals surface area contributed by atoms with Gasteiger partial charge in [-0.25, -0.2) is 8.42 Å². The molecule has 2 heterocycles. The van der Waals surface area contributed by atoms with Crippen molar-refractivity contribution in [1.29, 1.82) is 0 Å². The summed E-state index contributed by atoms with van der Waals surface area (Å²) in [6, 6.07) is 2.98. The van der Waals surface area contributed by atoms with Crippen molar-refractivity contribution in [2.75, 3.05) is 11.5 Å². The molecule has 18 heavy (non-hydrogen) atoms. The molecule has 1 aromatic rings. The average molecular weight is 270 g/mol. The van der Waals surface area contributed by atoms with Crippen molar-refractivity contribution in [2.45, 2.75) is 18.9 Å². The summed E-state index contributed by atoms with van der Waals surface area (Å²) in [7, 11) is -3.07. The first-order valence-corrected chi connectivity index (χ1v) is 7.34. The van der Waals surface area contributed by atoms with Gasteiger partial charge in [-0.15, -0.1) is 0 Å². The van der Waals surface area contributed by atoms with Gasteiger partial charge in [-0.3, -0.25) is 4.79 Å².